The molecular formula is C25H33N3O3. The number of aryl methyl sites for hydroxylation is 1. The second kappa shape index (κ2) is 10.4. The first-order chi connectivity index (χ1) is 14.8. The van der Waals surface area contributed by atoms with Crippen LogP contribution >= 0.6 is 0 Å². The predicted octanol–water partition coefficient (Wildman–Crippen LogP) is 3.84. The molecule has 3 rings (SSSR count). The van der Waals surface area contributed by atoms with Crippen molar-refractivity contribution in [3.8, 4) is 5.75 Å². The van der Waals surface area contributed by atoms with Crippen molar-refractivity contribution in [2.75, 3.05) is 13.1 Å². The van der Waals surface area contributed by atoms with E-state index in [1.54, 1.807) is 12.4 Å². The second-order valence-corrected chi connectivity index (χ2v) is 8.63. The molecule has 1 saturated heterocycles. The number of aromatic nitrogens is 1. The maximum absolute atomic E-state index is 12.9. The lowest BCUT2D eigenvalue weighted by atomic mass is 9.95. The molecule has 1 aliphatic heterocycles. The van der Waals surface area contributed by atoms with E-state index in [0.717, 1.165) is 22.4 Å². The lowest BCUT2D eigenvalue weighted by Gasteiger charge is -2.33. The zero-order valence-corrected chi connectivity index (χ0v) is 18.9. The van der Waals surface area contributed by atoms with Crippen molar-refractivity contribution >= 4 is 11.8 Å². The number of pyridine rings is 1. The Balaban J connectivity index is 1.50. The van der Waals surface area contributed by atoms with Gasteiger partial charge in [-0.15, -0.1) is 0 Å². The molecule has 2 amide bonds. The fraction of sp³-hybridized carbons (Fsp3) is 0.480. The number of amides is 2. The first kappa shape index (κ1) is 22.8. The van der Waals surface area contributed by atoms with Crippen molar-refractivity contribution in [1.82, 2.24) is 15.2 Å². The summed E-state index contributed by atoms with van der Waals surface area (Å²) < 4.78 is 6.09. The number of nitrogens with zero attached hydrogens (tertiary/aromatic N) is 2. The number of nitrogens with one attached hydrogen (secondary N) is 1. The summed E-state index contributed by atoms with van der Waals surface area (Å²) >= 11 is 0. The smallest absolute Gasteiger partial charge is 0.263 e. The summed E-state index contributed by atoms with van der Waals surface area (Å²) in [5, 5.41) is 2.98. The Kier molecular flexibility index (Phi) is 7.66. The van der Waals surface area contributed by atoms with Gasteiger partial charge in [0.1, 0.15) is 5.75 Å². The van der Waals surface area contributed by atoms with E-state index in [2.05, 4.69) is 36.3 Å². The van der Waals surface area contributed by atoms with Gasteiger partial charge in [-0.05, 0) is 61.4 Å². The van der Waals surface area contributed by atoms with Crippen LogP contribution in [0.5, 0.6) is 5.75 Å². The van der Waals surface area contributed by atoms with Crippen LogP contribution in [-0.2, 0) is 16.1 Å². The van der Waals surface area contributed by atoms with E-state index in [4.69, 9.17) is 4.74 Å². The van der Waals surface area contributed by atoms with Gasteiger partial charge in [0, 0.05) is 37.9 Å². The molecule has 1 unspecified atom stereocenters. The highest BCUT2D eigenvalue weighted by Gasteiger charge is 2.30. The monoisotopic (exact) mass is 423 g/mol. The Morgan fingerprint density at radius 3 is 2.58 bits per heavy atom. The SMILES string of the molecule is Cc1ccc(C(C)C)c(OC(C)C(=O)N2CCC(C(=O)NCc3cccnc3)CC2)c1. The van der Waals surface area contributed by atoms with E-state index < -0.39 is 6.10 Å². The fourth-order valence-corrected chi connectivity index (χ4v) is 3.92. The summed E-state index contributed by atoms with van der Waals surface area (Å²) in [5.41, 5.74) is 3.19. The second-order valence-electron chi connectivity index (χ2n) is 8.63. The molecule has 1 aromatic heterocycles. The Hall–Kier alpha value is -2.89. The highest BCUT2D eigenvalue weighted by Crippen LogP contribution is 2.29. The molecule has 1 aromatic carbocycles. The topological polar surface area (TPSA) is 71.5 Å². The van der Waals surface area contributed by atoms with Crippen LogP contribution in [0.1, 0.15) is 56.2 Å². The summed E-state index contributed by atoms with van der Waals surface area (Å²) in [6, 6.07) is 9.93. The minimum atomic E-state index is -0.560. The van der Waals surface area contributed by atoms with Crippen LogP contribution < -0.4 is 10.1 Å². The number of piperidine rings is 1. The van der Waals surface area contributed by atoms with Gasteiger partial charge in [0.2, 0.25) is 5.91 Å². The molecule has 1 aliphatic rings. The van der Waals surface area contributed by atoms with Gasteiger partial charge in [-0.2, -0.15) is 0 Å². The van der Waals surface area contributed by atoms with Gasteiger partial charge < -0.3 is 15.0 Å². The highest BCUT2D eigenvalue weighted by molar-refractivity contribution is 5.82. The van der Waals surface area contributed by atoms with Crippen LogP contribution in [0.15, 0.2) is 42.7 Å². The number of ether oxygens (including phenoxy) is 1. The molecule has 0 bridgehead atoms. The van der Waals surface area contributed by atoms with E-state index in [-0.39, 0.29) is 17.7 Å². The molecule has 0 aliphatic carbocycles. The molecule has 166 valence electrons. The maximum atomic E-state index is 12.9. The van der Waals surface area contributed by atoms with Crippen LogP contribution in [0, 0.1) is 12.8 Å². The molecule has 31 heavy (non-hydrogen) atoms. The molecular weight excluding hydrogens is 390 g/mol. The molecule has 0 saturated carbocycles. The first-order valence-electron chi connectivity index (χ1n) is 11.1. The van der Waals surface area contributed by atoms with Crippen LogP contribution in [0.4, 0.5) is 0 Å². The number of carbonyl (C=O) groups is 2. The van der Waals surface area contributed by atoms with Crippen molar-refractivity contribution in [2.45, 2.75) is 59.1 Å². The number of carbonyl (C=O) groups excluding carboxylic acids is 2. The third-order valence-corrected chi connectivity index (χ3v) is 5.81. The average Bonchev–Trinajstić information content (AvgIpc) is 2.77. The molecule has 1 N–H and O–H groups in total. The molecule has 0 spiro atoms. The lowest BCUT2D eigenvalue weighted by Crippen LogP contribution is -2.47. The van der Waals surface area contributed by atoms with Crippen molar-refractivity contribution < 1.29 is 14.3 Å². The summed E-state index contributed by atoms with van der Waals surface area (Å²) in [6.45, 7) is 9.69. The summed E-state index contributed by atoms with van der Waals surface area (Å²) in [5.74, 6) is 1.05. The zero-order chi connectivity index (χ0) is 22.4. The number of likely N-dealkylation sites (tertiary alicyclic amines) is 1. The fourth-order valence-electron chi connectivity index (χ4n) is 3.92. The third-order valence-electron chi connectivity index (χ3n) is 5.81. The van der Waals surface area contributed by atoms with E-state index in [1.165, 1.54) is 0 Å². The van der Waals surface area contributed by atoms with Crippen LogP contribution in [0.2, 0.25) is 0 Å². The predicted molar refractivity (Wildman–Crippen MR) is 121 cm³/mol. The first-order valence-corrected chi connectivity index (χ1v) is 11.1. The number of rotatable bonds is 7. The molecule has 6 heteroatoms. The van der Waals surface area contributed by atoms with E-state index in [9.17, 15) is 9.59 Å². The summed E-state index contributed by atoms with van der Waals surface area (Å²) in [7, 11) is 0. The Morgan fingerprint density at radius 1 is 1.19 bits per heavy atom. The van der Waals surface area contributed by atoms with Crippen LogP contribution in [0.3, 0.4) is 0 Å². The van der Waals surface area contributed by atoms with Gasteiger partial charge >= 0.3 is 0 Å². The number of hydrogen-bond acceptors (Lipinski definition) is 4. The van der Waals surface area contributed by atoms with Gasteiger partial charge in [-0.3, -0.25) is 14.6 Å². The molecule has 0 radical (unpaired) electrons. The average molecular weight is 424 g/mol. The Bertz CT molecular complexity index is 890. The minimum absolute atomic E-state index is 0.0227. The minimum Gasteiger partial charge on any atom is -0.481 e. The van der Waals surface area contributed by atoms with Crippen molar-refractivity contribution in [1.29, 1.82) is 0 Å². The van der Waals surface area contributed by atoms with E-state index in [1.807, 2.05) is 36.9 Å². The number of hydrogen-bond donors (Lipinski definition) is 1. The van der Waals surface area contributed by atoms with Gasteiger partial charge in [-0.1, -0.05) is 32.0 Å². The maximum Gasteiger partial charge on any atom is 0.263 e. The molecule has 2 aromatic rings. The van der Waals surface area contributed by atoms with Gasteiger partial charge in [0.05, 0.1) is 0 Å². The van der Waals surface area contributed by atoms with Gasteiger partial charge in [0.25, 0.3) is 5.91 Å². The lowest BCUT2D eigenvalue weighted by molar-refractivity contribution is -0.141. The standard InChI is InChI=1S/C25H33N3O3/c1-17(2)22-8-7-18(3)14-23(22)31-19(4)25(30)28-12-9-21(10-13-28)24(29)27-16-20-6-5-11-26-15-20/h5-8,11,14-15,17,19,21H,9-10,12-13,16H2,1-4H3,(H,27,29). The number of benzene rings is 1. The quantitative estimate of drug-likeness (QED) is 0.735. The third kappa shape index (κ3) is 6.06. The van der Waals surface area contributed by atoms with E-state index >= 15 is 0 Å². The highest BCUT2D eigenvalue weighted by atomic mass is 16.5. The molecule has 1 atom stereocenters. The Morgan fingerprint density at radius 2 is 1.94 bits per heavy atom. The van der Waals surface area contributed by atoms with Crippen LogP contribution in [0.25, 0.3) is 0 Å². The Labute approximate surface area is 185 Å². The normalized spacial score (nSPS) is 15.6. The molecule has 2 heterocycles. The summed E-state index contributed by atoms with van der Waals surface area (Å²) in [4.78, 5) is 31.3. The summed E-state index contributed by atoms with van der Waals surface area (Å²) in [6.07, 6.45) is 4.24. The van der Waals surface area contributed by atoms with Gasteiger partial charge in [-0.25, -0.2) is 0 Å². The van der Waals surface area contributed by atoms with Crippen LogP contribution in [-0.4, -0.2) is 40.9 Å². The molecule has 1 fully saturated rings. The zero-order valence-electron chi connectivity index (χ0n) is 18.9. The largest absolute Gasteiger partial charge is 0.481 e. The van der Waals surface area contributed by atoms with E-state index in [0.29, 0.717) is 38.4 Å². The van der Waals surface area contributed by atoms with Crippen molar-refractivity contribution in [3.63, 3.8) is 0 Å². The van der Waals surface area contributed by atoms with Crippen molar-refractivity contribution in [3.05, 3.63) is 59.4 Å². The molecule has 6 nitrogen and oxygen atoms in total. The van der Waals surface area contributed by atoms with Crippen molar-refractivity contribution in [2.24, 2.45) is 5.92 Å². The van der Waals surface area contributed by atoms with Gasteiger partial charge in [0.15, 0.2) is 6.10 Å².